The maximum atomic E-state index is 12.8. The number of amides is 1. The first kappa shape index (κ1) is 19.0. The zero-order chi connectivity index (χ0) is 19.5. The van der Waals surface area contributed by atoms with Crippen LogP contribution in [0.1, 0.15) is 17.5 Å². The van der Waals surface area contributed by atoms with Crippen LogP contribution in [-0.2, 0) is 11.3 Å². The molecule has 2 aromatic heterocycles. The van der Waals surface area contributed by atoms with Gasteiger partial charge < -0.3 is 13.7 Å². The van der Waals surface area contributed by atoms with Gasteiger partial charge in [0.05, 0.1) is 16.8 Å². The Bertz CT molecular complexity index is 1170. The second kappa shape index (κ2) is 8.34. The summed E-state index contributed by atoms with van der Waals surface area (Å²) in [6.45, 7) is 3.83. The second-order valence-corrected chi connectivity index (χ2v) is 8.02. The molecule has 144 valence electrons. The number of hydrogen-bond donors (Lipinski definition) is 0. The summed E-state index contributed by atoms with van der Waals surface area (Å²) in [4.78, 5) is 19.0. The van der Waals surface area contributed by atoms with Crippen LogP contribution in [0.3, 0.4) is 0 Å². The molecule has 4 rings (SSSR count). The summed E-state index contributed by atoms with van der Waals surface area (Å²) in [5.41, 5.74) is 1.74. The van der Waals surface area contributed by atoms with Crippen molar-refractivity contribution in [1.29, 1.82) is 0 Å². The molecule has 0 aliphatic carbocycles. The molecule has 1 amide bonds. The number of fused-ring (bicyclic) bond motifs is 2. The molecule has 4 aromatic rings. The van der Waals surface area contributed by atoms with E-state index in [1.54, 1.807) is 17.8 Å². The molecule has 5 nitrogen and oxygen atoms in total. The van der Waals surface area contributed by atoms with Crippen molar-refractivity contribution in [2.45, 2.75) is 18.4 Å². The first-order valence-electron chi connectivity index (χ1n) is 9.02. The molecule has 0 spiro atoms. The van der Waals surface area contributed by atoms with E-state index >= 15 is 0 Å². The van der Waals surface area contributed by atoms with Crippen LogP contribution in [0.15, 0.2) is 62.8 Å². The van der Waals surface area contributed by atoms with Gasteiger partial charge in [0.1, 0.15) is 5.58 Å². The second-order valence-electron chi connectivity index (χ2n) is 6.13. The molecule has 0 saturated heterocycles. The number of carbonyl (C=O) groups is 1. The van der Waals surface area contributed by atoms with Crippen LogP contribution in [0.2, 0.25) is 0 Å². The minimum absolute atomic E-state index is 0.250. The van der Waals surface area contributed by atoms with Crippen LogP contribution in [0.25, 0.3) is 21.2 Å². The smallest absolute Gasteiger partial charge is 0.315 e. The summed E-state index contributed by atoms with van der Waals surface area (Å²) >= 11 is 3.20. The van der Waals surface area contributed by atoms with Gasteiger partial charge in [-0.1, -0.05) is 29.5 Å². The maximum absolute atomic E-state index is 12.8. The standard InChI is InChI=1S/C21H20N2O3S2/c1-3-25-11-10-23-16-9-8-15(27-2)13-19(16)28-21(23)22-20(24)18-12-14-6-4-5-7-17(14)26-18/h4-9,12-13H,3,10-11H2,1-2H3. The summed E-state index contributed by atoms with van der Waals surface area (Å²) in [6.07, 6.45) is 2.05. The number of para-hydroxylation sites is 1. The number of ether oxygens (including phenoxy) is 1. The molecule has 28 heavy (non-hydrogen) atoms. The lowest BCUT2D eigenvalue weighted by Crippen LogP contribution is -2.19. The van der Waals surface area contributed by atoms with E-state index in [2.05, 4.69) is 23.2 Å². The Morgan fingerprint density at radius 2 is 2.11 bits per heavy atom. The Morgan fingerprint density at radius 3 is 2.89 bits per heavy atom. The van der Waals surface area contributed by atoms with Crippen molar-refractivity contribution in [1.82, 2.24) is 4.57 Å². The Labute approximate surface area is 170 Å². The third kappa shape index (κ3) is 3.78. The predicted octanol–water partition coefficient (Wildman–Crippen LogP) is 4.95. The van der Waals surface area contributed by atoms with Crippen molar-refractivity contribution in [3.63, 3.8) is 0 Å². The summed E-state index contributed by atoms with van der Waals surface area (Å²) in [7, 11) is 0. The van der Waals surface area contributed by atoms with Gasteiger partial charge in [0.25, 0.3) is 0 Å². The minimum Gasteiger partial charge on any atom is -0.451 e. The van der Waals surface area contributed by atoms with Crippen molar-refractivity contribution < 1.29 is 13.9 Å². The van der Waals surface area contributed by atoms with Crippen LogP contribution in [0.5, 0.6) is 0 Å². The number of thiazole rings is 1. The quantitative estimate of drug-likeness (QED) is 0.332. The molecule has 0 saturated carbocycles. The molecule has 0 atom stereocenters. The lowest BCUT2D eigenvalue weighted by molar-refractivity contribution is 0.0972. The lowest BCUT2D eigenvalue weighted by atomic mass is 10.2. The molecule has 0 radical (unpaired) electrons. The Balaban J connectivity index is 1.78. The molecular formula is C21H20N2O3S2. The van der Waals surface area contributed by atoms with E-state index in [4.69, 9.17) is 9.15 Å². The van der Waals surface area contributed by atoms with Crippen molar-refractivity contribution in [2.75, 3.05) is 19.5 Å². The molecule has 0 aliphatic rings. The van der Waals surface area contributed by atoms with E-state index in [1.807, 2.05) is 42.0 Å². The van der Waals surface area contributed by atoms with E-state index in [9.17, 15) is 4.79 Å². The van der Waals surface area contributed by atoms with Crippen molar-refractivity contribution in [2.24, 2.45) is 4.99 Å². The zero-order valence-electron chi connectivity index (χ0n) is 15.7. The van der Waals surface area contributed by atoms with Gasteiger partial charge in [0.15, 0.2) is 10.6 Å². The van der Waals surface area contributed by atoms with Gasteiger partial charge >= 0.3 is 5.91 Å². The number of rotatable bonds is 6. The zero-order valence-corrected chi connectivity index (χ0v) is 17.3. The highest BCUT2D eigenvalue weighted by Crippen LogP contribution is 2.24. The van der Waals surface area contributed by atoms with Gasteiger partial charge in [-0.3, -0.25) is 4.79 Å². The Hall–Kier alpha value is -2.35. The first-order chi connectivity index (χ1) is 13.7. The number of aromatic nitrogens is 1. The molecule has 0 unspecified atom stereocenters. The van der Waals surface area contributed by atoms with Gasteiger partial charge in [0, 0.05) is 23.4 Å². The average Bonchev–Trinajstić information content (AvgIpc) is 3.29. The predicted molar refractivity (Wildman–Crippen MR) is 114 cm³/mol. The monoisotopic (exact) mass is 412 g/mol. The molecule has 7 heteroatoms. The van der Waals surface area contributed by atoms with Gasteiger partial charge in [-0.05, 0) is 43.5 Å². The highest BCUT2D eigenvalue weighted by atomic mass is 32.2. The number of carbonyl (C=O) groups excluding carboxylic acids is 1. The van der Waals surface area contributed by atoms with E-state index in [0.717, 1.165) is 15.6 Å². The highest BCUT2D eigenvalue weighted by Gasteiger charge is 2.13. The first-order valence-corrected chi connectivity index (χ1v) is 11.1. The maximum Gasteiger partial charge on any atom is 0.315 e. The normalized spacial score (nSPS) is 12.3. The molecule has 0 fully saturated rings. The van der Waals surface area contributed by atoms with Crippen LogP contribution in [0, 0.1) is 0 Å². The fraction of sp³-hybridized carbons (Fsp3) is 0.238. The Morgan fingerprint density at radius 1 is 1.25 bits per heavy atom. The molecule has 0 N–H and O–H groups in total. The van der Waals surface area contributed by atoms with Gasteiger partial charge in [0.2, 0.25) is 0 Å². The molecule has 0 aliphatic heterocycles. The topological polar surface area (TPSA) is 56.7 Å². The summed E-state index contributed by atoms with van der Waals surface area (Å²) < 4.78 is 14.3. The van der Waals surface area contributed by atoms with E-state index < -0.39 is 0 Å². The number of thioether (sulfide) groups is 1. The van der Waals surface area contributed by atoms with Crippen LogP contribution < -0.4 is 4.80 Å². The van der Waals surface area contributed by atoms with E-state index in [0.29, 0.717) is 30.1 Å². The Kier molecular flexibility index (Phi) is 5.66. The van der Waals surface area contributed by atoms with Gasteiger partial charge in [-0.25, -0.2) is 0 Å². The van der Waals surface area contributed by atoms with Crippen molar-refractivity contribution in [3.8, 4) is 0 Å². The van der Waals surface area contributed by atoms with Gasteiger partial charge in [-0.2, -0.15) is 4.99 Å². The fourth-order valence-corrected chi connectivity index (χ4v) is 4.62. The number of benzene rings is 2. The molecule has 2 aromatic carbocycles. The van der Waals surface area contributed by atoms with Crippen LogP contribution >= 0.6 is 23.1 Å². The van der Waals surface area contributed by atoms with Gasteiger partial charge in [-0.15, -0.1) is 11.8 Å². The molecule has 0 bridgehead atoms. The SMILES string of the molecule is CCOCCn1c(=NC(=O)c2cc3ccccc3o2)sc2cc(SC)ccc21. The van der Waals surface area contributed by atoms with E-state index in [1.165, 1.54) is 16.2 Å². The fourth-order valence-electron chi connectivity index (χ4n) is 3.01. The summed E-state index contributed by atoms with van der Waals surface area (Å²) in [5.74, 6) is -0.127. The van der Waals surface area contributed by atoms with Crippen molar-refractivity contribution in [3.05, 3.63) is 59.1 Å². The summed E-state index contributed by atoms with van der Waals surface area (Å²) in [5, 5.41) is 0.895. The number of hydrogen-bond acceptors (Lipinski definition) is 5. The summed E-state index contributed by atoms with van der Waals surface area (Å²) in [6, 6.07) is 15.6. The number of furan rings is 1. The largest absolute Gasteiger partial charge is 0.451 e. The minimum atomic E-state index is -0.377. The molecule has 2 heterocycles. The third-order valence-electron chi connectivity index (χ3n) is 4.39. The van der Waals surface area contributed by atoms with Crippen molar-refractivity contribution >= 4 is 50.2 Å². The van der Waals surface area contributed by atoms with E-state index in [-0.39, 0.29) is 11.7 Å². The lowest BCUT2D eigenvalue weighted by Gasteiger charge is -2.05. The van der Waals surface area contributed by atoms with Crippen LogP contribution in [-0.4, -0.2) is 29.9 Å². The number of nitrogens with zero attached hydrogens (tertiary/aromatic N) is 2. The molecular weight excluding hydrogens is 392 g/mol. The third-order valence-corrected chi connectivity index (χ3v) is 6.15. The highest BCUT2D eigenvalue weighted by molar-refractivity contribution is 7.98. The van der Waals surface area contributed by atoms with Crippen LogP contribution in [0.4, 0.5) is 0 Å². The average molecular weight is 413 g/mol.